The second-order valence-electron chi connectivity index (χ2n) is 9.69. The second kappa shape index (κ2) is 11.0. The summed E-state index contributed by atoms with van der Waals surface area (Å²) in [4.78, 5) is 12.8. The molecule has 1 amide bonds. The van der Waals surface area contributed by atoms with Crippen LogP contribution < -0.4 is 14.8 Å². The van der Waals surface area contributed by atoms with Crippen molar-refractivity contribution in [2.24, 2.45) is 0 Å². The number of carbonyl (C=O) groups excluding carboxylic acids is 1. The van der Waals surface area contributed by atoms with Crippen LogP contribution in [0.5, 0.6) is 11.5 Å². The molecule has 10 nitrogen and oxygen atoms in total. The molecule has 37 heavy (non-hydrogen) atoms. The van der Waals surface area contributed by atoms with Gasteiger partial charge in [-0.05, 0) is 49.6 Å². The molecule has 4 atom stereocenters. The zero-order chi connectivity index (χ0) is 26.0. The number of nitrogens with one attached hydrogen (secondary N) is 1. The van der Waals surface area contributed by atoms with E-state index >= 15 is 0 Å². The summed E-state index contributed by atoms with van der Waals surface area (Å²) >= 11 is 0. The van der Waals surface area contributed by atoms with E-state index in [9.17, 15) is 18.3 Å². The number of hydrogen-bond donors (Lipinski definition) is 2. The van der Waals surface area contributed by atoms with Crippen LogP contribution in [0.4, 0.5) is 0 Å². The quantitative estimate of drug-likeness (QED) is 0.577. The third-order valence-electron chi connectivity index (χ3n) is 6.90. The number of rotatable bonds is 6. The molecule has 0 aliphatic carbocycles. The molecule has 2 aromatic rings. The molecule has 0 saturated carbocycles. The van der Waals surface area contributed by atoms with Gasteiger partial charge in [-0.25, -0.2) is 8.42 Å². The van der Waals surface area contributed by atoms with Crippen molar-refractivity contribution in [3.05, 3.63) is 53.6 Å². The number of amides is 1. The Morgan fingerprint density at radius 3 is 2.68 bits per heavy atom. The van der Waals surface area contributed by atoms with E-state index in [1.54, 1.807) is 24.3 Å². The van der Waals surface area contributed by atoms with Crippen LogP contribution in [-0.2, 0) is 30.8 Å². The predicted molar refractivity (Wildman–Crippen MR) is 133 cm³/mol. The third-order valence-corrected chi connectivity index (χ3v) is 8.81. The SMILES string of the molecule is Cc1ccc(S(=O)(=O)N2C[C@H](O)COC[C@H]3O[C@H](CC(=O)NCc4ccc5c(c4)OCO5)CC[C@@H]32)cc1. The van der Waals surface area contributed by atoms with Gasteiger partial charge in [0.15, 0.2) is 11.5 Å². The molecule has 0 aromatic heterocycles. The number of fused-ring (bicyclic) bond motifs is 2. The Labute approximate surface area is 216 Å². The van der Waals surface area contributed by atoms with Crippen LogP contribution in [-0.4, -0.2) is 74.6 Å². The van der Waals surface area contributed by atoms with Crippen molar-refractivity contribution in [1.29, 1.82) is 0 Å². The largest absolute Gasteiger partial charge is 0.454 e. The first-order chi connectivity index (χ1) is 17.8. The van der Waals surface area contributed by atoms with E-state index in [0.717, 1.165) is 11.1 Å². The molecule has 3 aliphatic rings. The van der Waals surface area contributed by atoms with Gasteiger partial charge in [0.2, 0.25) is 22.7 Å². The fraction of sp³-hybridized carbons (Fsp3) is 0.500. The van der Waals surface area contributed by atoms with Gasteiger partial charge in [-0.15, -0.1) is 0 Å². The van der Waals surface area contributed by atoms with Gasteiger partial charge in [-0.2, -0.15) is 4.31 Å². The van der Waals surface area contributed by atoms with Crippen LogP contribution in [0.25, 0.3) is 0 Å². The lowest BCUT2D eigenvalue weighted by Gasteiger charge is -2.43. The van der Waals surface area contributed by atoms with E-state index in [1.807, 2.05) is 25.1 Å². The second-order valence-corrected chi connectivity index (χ2v) is 11.6. The van der Waals surface area contributed by atoms with Gasteiger partial charge < -0.3 is 29.4 Å². The molecule has 3 heterocycles. The molecule has 2 fully saturated rings. The number of β-amino-alcohol motifs (C(OH)–C–C–N with tert-alkyl or cyclic N) is 1. The fourth-order valence-electron chi connectivity index (χ4n) is 4.95. The van der Waals surface area contributed by atoms with Gasteiger partial charge in [0.25, 0.3) is 0 Å². The summed E-state index contributed by atoms with van der Waals surface area (Å²) in [6, 6.07) is 11.7. The Morgan fingerprint density at radius 1 is 1.08 bits per heavy atom. The number of carbonyl (C=O) groups is 1. The fourth-order valence-corrected chi connectivity index (χ4v) is 6.66. The van der Waals surface area contributed by atoms with Gasteiger partial charge in [-0.3, -0.25) is 4.79 Å². The summed E-state index contributed by atoms with van der Waals surface area (Å²) in [5.41, 5.74) is 1.85. The van der Waals surface area contributed by atoms with Gasteiger partial charge in [0.05, 0.1) is 48.9 Å². The Bertz CT molecular complexity index is 1220. The number of nitrogens with zero attached hydrogens (tertiary/aromatic N) is 1. The van der Waals surface area contributed by atoms with Gasteiger partial charge in [0.1, 0.15) is 0 Å². The van der Waals surface area contributed by atoms with Gasteiger partial charge >= 0.3 is 0 Å². The van der Waals surface area contributed by atoms with Gasteiger partial charge in [0, 0.05) is 13.1 Å². The maximum atomic E-state index is 13.6. The van der Waals surface area contributed by atoms with E-state index in [1.165, 1.54) is 4.31 Å². The standard InChI is InChI=1S/C26H32N2O8S/c1-17-2-6-21(7-3-17)37(31,32)28-13-19(29)14-33-15-25-22(28)8-5-20(36-25)11-26(30)27-12-18-4-9-23-24(10-18)35-16-34-23/h2-4,6-7,9-10,19-20,22,25,29H,5,8,11-16H2,1H3,(H,27,30)/t19-,20-,22-,25+/m0/s1. The van der Waals surface area contributed by atoms with E-state index in [2.05, 4.69) is 5.32 Å². The Morgan fingerprint density at radius 2 is 1.86 bits per heavy atom. The molecule has 200 valence electrons. The highest BCUT2D eigenvalue weighted by Gasteiger charge is 2.43. The monoisotopic (exact) mass is 532 g/mol. The van der Waals surface area contributed by atoms with Crippen molar-refractivity contribution in [3.8, 4) is 11.5 Å². The van der Waals surface area contributed by atoms with Crippen LogP contribution in [0, 0.1) is 6.92 Å². The molecule has 0 unspecified atom stereocenters. The van der Waals surface area contributed by atoms with Gasteiger partial charge in [-0.1, -0.05) is 23.8 Å². The molecule has 0 radical (unpaired) electrons. The lowest BCUT2D eigenvalue weighted by Crippen LogP contribution is -2.57. The molecule has 3 aliphatic heterocycles. The Kier molecular flexibility index (Phi) is 7.68. The zero-order valence-electron chi connectivity index (χ0n) is 20.7. The van der Waals surface area contributed by atoms with Crippen molar-refractivity contribution < 1.29 is 37.3 Å². The number of benzene rings is 2. The lowest BCUT2D eigenvalue weighted by molar-refractivity contribution is -0.146. The smallest absolute Gasteiger partial charge is 0.243 e. The van der Waals surface area contributed by atoms with Crippen LogP contribution in [0.3, 0.4) is 0 Å². The van der Waals surface area contributed by atoms with Crippen LogP contribution >= 0.6 is 0 Å². The molecule has 5 rings (SSSR count). The number of aryl methyl sites for hydroxylation is 1. The third kappa shape index (κ3) is 5.91. The normalized spacial score (nSPS) is 26.1. The first kappa shape index (κ1) is 25.9. The molecule has 0 bridgehead atoms. The lowest BCUT2D eigenvalue weighted by atomic mass is 9.96. The summed E-state index contributed by atoms with van der Waals surface area (Å²) in [7, 11) is -3.87. The number of ether oxygens (including phenoxy) is 4. The van der Waals surface area contributed by atoms with Crippen molar-refractivity contribution in [2.75, 3.05) is 26.6 Å². The van der Waals surface area contributed by atoms with Crippen molar-refractivity contribution in [1.82, 2.24) is 9.62 Å². The molecule has 11 heteroatoms. The number of aliphatic hydroxyl groups is 1. The molecular weight excluding hydrogens is 500 g/mol. The molecule has 2 N–H and O–H groups in total. The van der Waals surface area contributed by atoms with Crippen LogP contribution in [0.2, 0.25) is 0 Å². The highest BCUT2D eigenvalue weighted by molar-refractivity contribution is 7.89. The van der Waals surface area contributed by atoms with Crippen molar-refractivity contribution in [3.63, 3.8) is 0 Å². The average molecular weight is 533 g/mol. The maximum absolute atomic E-state index is 13.6. The summed E-state index contributed by atoms with van der Waals surface area (Å²) in [5, 5.41) is 13.3. The number of aliphatic hydroxyl groups excluding tert-OH is 1. The predicted octanol–water partition coefficient (Wildman–Crippen LogP) is 1.73. The number of sulfonamides is 1. The average Bonchev–Trinajstić information content (AvgIpc) is 3.34. The van der Waals surface area contributed by atoms with E-state index in [0.29, 0.717) is 30.9 Å². The first-order valence-electron chi connectivity index (χ1n) is 12.4. The topological polar surface area (TPSA) is 124 Å². The summed E-state index contributed by atoms with van der Waals surface area (Å²) < 4.78 is 51.0. The van der Waals surface area contributed by atoms with E-state index < -0.39 is 28.3 Å². The highest BCUT2D eigenvalue weighted by atomic mass is 32.2. The van der Waals surface area contributed by atoms with Crippen molar-refractivity contribution >= 4 is 15.9 Å². The zero-order valence-corrected chi connectivity index (χ0v) is 21.5. The first-order valence-corrected chi connectivity index (χ1v) is 13.9. The molecule has 0 spiro atoms. The molecule has 2 aromatic carbocycles. The maximum Gasteiger partial charge on any atom is 0.243 e. The minimum Gasteiger partial charge on any atom is -0.454 e. The number of hydrogen-bond acceptors (Lipinski definition) is 8. The summed E-state index contributed by atoms with van der Waals surface area (Å²) in [6.45, 7) is 2.49. The minimum atomic E-state index is -3.87. The van der Waals surface area contributed by atoms with Crippen LogP contribution in [0.15, 0.2) is 47.4 Å². The minimum absolute atomic E-state index is 0.00713. The highest BCUT2D eigenvalue weighted by Crippen LogP contribution is 2.33. The summed E-state index contributed by atoms with van der Waals surface area (Å²) in [5.74, 6) is 1.19. The Hall–Kier alpha value is -2.70. The molecular formula is C26H32N2O8S. The summed E-state index contributed by atoms with van der Waals surface area (Å²) in [6.07, 6.45) is -0.703. The van der Waals surface area contributed by atoms with E-state index in [-0.39, 0.29) is 49.9 Å². The Balaban J connectivity index is 1.22. The van der Waals surface area contributed by atoms with Crippen LogP contribution in [0.1, 0.15) is 30.4 Å². The van der Waals surface area contributed by atoms with Crippen molar-refractivity contribution in [2.45, 2.75) is 62.0 Å². The van der Waals surface area contributed by atoms with E-state index in [4.69, 9.17) is 18.9 Å². The molecule has 2 saturated heterocycles.